The Balaban J connectivity index is 0.00000208. The van der Waals surface area contributed by atoms with E-state index in [-0.39, 0.29) is 24.0 Å². The second kappa shape index (κ2) is 8.83. The zero-order valence-electron chi connectivity index (χ0n) is 15.2. The van der Waals surface area contributed by atoms with Gasteiger partial charge in [0.1, 0.15) is 0 Å². The maximum absolute atomic E-state index is 4.91. The van der Waals surface area contributed by atoms with Crippen molar-refractivity contribution in [3.63, 3.8) is 0 Å². The van der Waals surface area contributed by atoms with Gasteiger partial charge in [0.05, 0.1) is 10.7 Å². The minimum absolute atomic E-state index is 0. The molecular weight excluding hydrogens is 431 g/mol. The highest BCUT2D eigenvalue weighted by atomic mass is 127. The van der Waals surface area contributed by atoms with E-state index in [1.54, 1.807) is 0 Å². The zero-order chi connectivity index (χ0) is 16.3. The van der Waals surface area contributed by atoms with Gasteiger partial charge in [-0.1, -0.05) is 12.8 Å². The summed E-state index contributed by atoms with van der Waals surface area (Å²) in [5.74, 6) is 1.12. The number of aromatic nitrogens is 1. The summed E-state index contributed by atoms with van der Waals surface area (Å²) in [6, 6.07) is 0. The molecule has 0 unspecified atom stereocenters. The minimum atomic E-state index is 0. The largest absolute Gasteiger partial charge is 0.357 e. The van der Waals surface area contributed by atoms with Gasteiger partial charge < -0.3 is 10.2 Å². The van der Waals surface area contributed by atoms with Gasteiger partial charge in [-0.05, 0) is 45.4 Å². The molecule has 1 aromatic heterocycles. The van der Waals surface area contributed by atoms with E-state index in [9.17, 15) is 0 Å². The lowest BCUT2D eigenvalue weighted by Gasteiger charge is -2.26. The third kappa shape index (κ3) is 4.62. The number of hydrogen-bond donors (Lipinski definition) is 1. The number of guanidine groups is 1. The Morgan fingerprint density at radius 1 is 1.29 bits per heavy atom. The van der Waals surface area contributed by atoms with Crippen molar-refractivity contribution < 1.29 is 0 Å². The first kappa shape index (κ1) is 19.9. The SMILES string of the molecule is CCNC(=NCCc1sc(C)nc1C)N1CCC2(CCCC2)C1.I. The maximum Gasteiger partial charge on any atom is 0.193 e. The Kier molecular flexibility index (Phi) is 7.34. The van der Waals surface area contributed by atoms with Gasteiger partial charge in [0.25, 0.3) is 0 Å². The number of likely N-dealkylation sites (tertiary alicyclic amines) is 1. The molecule has 1 saturated heterocycles. The summed E-state index contributed by atoms with van der Waals surface area (Å²) in [6.07, 6.45) is 8.04. The highest BCUT2D eigenvalue weighted by molar-refractivity contribution is 14.0. The van der Waals surface area contributed by atoms with E-state index >= 15 is 0 Å². The van der Waals surface area contributed by atoms with Gasteiger partial charge in [-0.3, -0.25) is 4.99 Å². The van der Waals surface area contributed by atoms with Gasteiger partial charge in [0, 0.05) is 37.5 Å². The summed E-state index contributed by atoms with van der Waals surface area (Å²) in [6.45, 7) is 10.5. The van der Waals surface area contributed by atoms with Crippen LogP contribution in [0, 0.1) is 19.3 Å². The van der Waals surface area contributed by atoms with Crippen LogP contribution in [-0.4, -0.2) is 42.0 Å². The number of aryl methyl sites for hydroxylation is 2. The number of aliphatic imine (C=N–C) groups is 1. The van der Waals surface area contributed by atoms with Crippen LogP contribution in [0.25, 0.3) is 0 Å². The van der Waals surface area contributed by atoms with Crippen molar-refractivity contribution in [3.05, 3.63) is 15.6 Å². The smallest absolute Gasteiger partial charge is 0.193 e. The Labute approximate surface area is 167 Å². The molecule has 1 aromatic rings. The highest BCUT2D eigenvalue weighted by Crippen LogP contribution is 2.45. The highest BCUT2D eigenvalue weighted by Gasteiger charge is 2.41. The van der Waals surface area contributed by atoms with Crippen LogP contribution in [-0.2, 0) is 6.42 Å². The van der Waals surface area contributed by atoms with Gasteiger partial charge in [-0.25, -0.2) is 4.98 Å². The lowest BCUT2D eigenvalue weighted by atomic mass is 9.86. The number of halogens is 1. The van der Waals surface area contributed by atoms with Gasteiger partial charge in [-0.15, -0.1) is 35.3 Å². The van der Waals surface area contributed by atoms with Crippen molar-refractivity contribution >= 4 is 41.3 Å². The lowest BCUT2D eigenvalue weighted by Crippen LogP contribution is -2.41. The number of thiazole rings is 1. The molecule has 24 heavy (non-hydrogen) atoms. The molecule has 2 aliphatic rings. The first-order chi connectivity index (χ1) is 11.1. The summed E-state index contributed by atoms with van der Waals surface area (Å²) in [5, 5.41) is 4.66. The molecule has 0 amide bonds. The minimum Gasteiger partial charge on any atom is -0.357 e. The summed E-state index contributed by atoms with van der Waals surface area (Å²) >= 11 is 1.81. The Morgan fingerprint density at radius 2 is 2.04 bits per heavy atom. The third-order valence-corrected chi connectivity index (χ3v) is 6.47. The number of rotatable bonds is 4. The molecule has 1 spiro atoms. The summed E-state index contributed by atoms with van der Waals surface area (Å²) in [5.41, 5.74) is 1.78. The first-order valence-electron chi connectivity index (χ1n) is 9.08. The molecule has 3 rings (SSSR count). The van der Waals surface area contributed by atoms with Crippen LogP contribution in [0.5, 0.6) is 0 Å². The Hall–Kier alpha value is -0.370. The van der Waals surface area contributed by atoms with Crippen LogP contribution in [0.3, 0.4) is 0 Å². The molecule has 0 radical (unpaired) electrons. The first-order valence-corrected chi connectivity index (χ1v) is 9.90. The average molecular weight is 462 g/mol. The van der Waals surface area contributed by atoms with Gasteiger partial charge in [0.15, 0.2) is 5.96 Å². The normalized spacial score (nSPS) is 19.8. The average Bonchev–Trinajstić information content (AvgIpc) is 3.22. The Bertz CT molecular complexity index is 563. The fourth-order valence-electron chi connectivity index (χ4n) is 4.14. The summed E-state index contributed by atoms with van der Waals surface area (Å²) in [4.78, 5) is 13.3. The molecule has 2 fully saturated rings. The Morgan fingerprint density at radius 3 is 2.67 bits per heavy atom. The molecule has 1 aliphatic heterocycles. The van der Waals surface area contributed by atoms with Crippen molar-refractivity contribution in [3.8, 4) is 0 Å². The predicted octanol–water partition coefficient (Wildman–Crippen LogP) is 4.15. The third-order valence-electron chi connectivity index (χ3n) is 5.34. The molecule has 0 atom stereocenters. The molecular formula is C18H31IN4S. The topological polar surface area (TPSA) is 40.5 Å². The van der Waals surface area contributed by atoms with Crippen LogP contribution >= 0.6 is 35.3 Å². The van der Waals surface area contributed by atoms with Crippen molar-refractivity contribution in [2.24, 2.45) is 10.4 Å². The lowest BCUT2D eigenvalue weighted by molar-refractivity contribution is 0.309. The monoisotopic (exact) mass is 462 g/mol. The quantitative estimate of drug-likeness (QED) is 0.415. The fourth-order valence-corrected chi connectivity index (χ4v) is 5.07. The maximum atomic E-state index is 4.91. The van der Waals surface area contributed by atoms with Crippen LogP contribution in [0.1, 0.15) is 54.6 Å². The van der Waals surface area contributed by atoms with E-state index in [0.717, 1.165) is 30.5 Å². The van der Waals surface area contributed by atoms with Crippen LogP contribution < -0.4 is 5.32 Å². The molecule has 0 bridgehead atoms. The summed E-state index contributed by atoms with van der Waals surface area (Å²) < 4.78 is 0. The van der Waals surface area contributed by atoms with E-state index in [1.165, 1.54) is 55.8 Å². The van der Waals surface area contributed by atoms with E-state index in [0.29, 0.717) is 5.41 Å². The molecule has 0 aromatic carbocycles. The molecule has 136 valence electrons. The molecule has 1 aliphatic carbocycles. The van der Waals surface area contributed by atoms with Crippen molar-refractivity contribution in [1.82, 2.24) is 15.2 Å². The molecule has 1 N–H and O–H groups in total. The van der Waals surface area contributed by atoms with E-state index in [2.05, 4.69) is 36.0 Å². The van der Waals surface area contributed by atoms with Gasteiger partial charge >= 0.3 is 0 Å². The van der Waals surface area contributed by atoms with Crippen molar-refractivity contribution in [2.45, 2.75) is 59.3 Å². The van der Waals surface area contributed by atoms with E-state index < -0.39 is 0 Å². The van der Waals surface area contributed by atoms with Crippen LogP contribution in [0.4, 0.5) is 0 Å². The number of nitrogens with zero attached hydrogens (tertiary/aromatic N) is 3. The second-order valence-corrected chi connectivity index (χ2v) is 8.39. The predicted molar refractivity (Wildman–Crippen MR) is 114 cm³/mol. The number of hydrogen-bond acceptors (Lipinski definition) is 3. The number of nitrogens with one attached hydrogen (secondary N) is 1. The van der Waals surface area contributed by atoms with Crippen molar-refractivity contribution in [1.29, 1.82) is 0 Å². The molecule has 2 heterocycles. The van der Waals surface area contributed by atoms with E-state index in [1.807, 2.05) is 11.3 Å². The van der Waals surface area contributed by atoms with Gasteiger partial charge in [0.2, 0.25) is 0 Å². The van der Waals surface area contributed by atoms with Crippen LogP contribution in [0.15, 0.2) is 4.99 Å². The standard InChI is InChI=1S/C18H30N4S.HI/c1-4-19-17(20-11-7-16-14(2)21-15(3)23-16)22-12-10-18(13-22)8-5-6-9-18;/h4-13H2,1-3H3,(H,19,20);1H. The second-order valence-electron chi connectivity index (χ2n) is 7.11. The van der Waals surface area contributed by atoms with E-state index in [4.69, 9.17) is 4.99 Å². The molecule has 6 heteroatoms. The zero-order valence-corrected chi connectivity index (χ0v) is 18.4. The summed E-state index contributed by atoms with van der Waals surface area (Å²) in [7, 11) is 0. The fraction of sp³-hybridized carbons (Fsp3) is 0.778. The van der Waals surface area contributed by atoms with Crippen LogP contribution in [0.2, 0.25) is 0 Å². The van der Waals surface area contributed by atoms with Crippen molar-refractivity contribution in [2.75, 3.05) is 26.2 Å². The van der Waals surface area contributed by atoms with Gasteiger partial charge in [-0.2, -0.15) is 0 Å². The molecule has 4 nitrogen and oxygen atoms in total. The molecule has 1 saturated carbocycles.